The highest BCUT2D eigenvalue weighted by atomic mass is 79.9. The molecule has 0 atom stereocenters. The zero-order valence-corrected chi connectivity index (χ0v) is 11.7. The highest BCUT2D eigenvalue weighted by Crippen LogP contribution is 2.23. The Morgan fingerprint density at radius 3 is 2.82 bits per heavy atom. The third-order valence-electron chi connectivity index (χ3n) is 2.81. The van der Waals surface area contributed by atoms with Crippen molar-refractivity contribution in [3.05, 3.63) is 28.4 Å². The number of halogens is 1. The highest BCUT2D eigenvalue weighted by Gasteiger charge is 2.07. The molecule has 3 nitrogen and oxygen atoms in total. The van der Waals surface area contributed by atoms with Gasteiger partial charge >= 0.3 is 0 Å². The van der Waals surface area contributed by atoms with E-state index in [1.165, 1.54) is 0 Å². The average Bonchev–Trinajstić information content (AvgIpc) is 2.67. The molecule has 1 aromatic heterocycles. The van der Waals surface area contributed by atoms with Crippen LogP contribution in [0, 0.1) is 5.92 Å². The molecule has 17 heavy (non-hydrogen) atoms. The van der Waals surface area contributed by atoms with E-state index in [4.69, 9.17) is 0 Å². The van der Waals surface area contributed by atoms with Crippen LogP contribution < -0.4 is 0 Å². The van der Waals surface area contributed by atoms with E-state index in [1.807, 2.05) is 23.0 Å². The predicted octanol–water partition coefficient (Wildman–Crippen LogP) is 3.34. The Kier molecular flexibility index (Phi) is 3.84. The summed E-state index contributed by atoms with van der Waals surface area (Å²) in [5, 5.41) is 14.9. The molecule has 1 aromatic carbocycles. The second kappa shape index (κ2) is 5.19. The lowest BCUT2D eigenvalue weighted by atomic mass is 10.1. The molecule has 0 aliphatic heterocycles. The molecular weight excluding hydrogens is 280 g/mol. The molecule has 2 rings (SSSR count). The van der Waals surface area contributed by atoms with Crippen molar-refractivity contribution in [3.63, 3.8) is 0 Å². The van der Waals surface area contributed by atoms with Gasteiger partial charge in [-0.2, -0.15) is 5.10 Å². The van der Waals surface area contributed by atoms with Crippen molar-refractivity contribution < 1.29 is 5.11 Å². The summed E-state index contributed by atoms with van der Waals surface area (Å²) in [6.07, 6.45) is 3.16. The smallest absolute Gasteiger partial charge is 0.0979 e. The maximum Gasteiger partial charge on any atom is 0.0979 e. The third kappa shape index (κ3) is 2.87. The van der Waals surface area contributed by atoms with Gasteiger partial charge in [0.2, 0.25) is 0 Å². The monoisotopic (exact) mass is 296 g/mol. The molecule has 0 saturated carbocycles. The van der Waals surface area contributed by atoms with Gasteiger partial charge in [-0.25, -0.2) is 0 Å². The second-order valence-electron chi connectivity index (χ2n) is 4.74. The van der Waals surface area contributed by atoms with Gasteiger partial charge in [0.25, 0.3) is 0 Å². The lowest BCUT2D eigenvalue weighted by molar-refractivity contribution is 0.283. The fourth-order valence-corrected chi connectivity index (χ4v) is 2.37. The van der Waals surface area contributed by atoms with Gasteiger partial charge in [-0.1, -0.05) is 29.8 Å². The molecule has 0 aliphatic rings. The zero-order chi connectivity index (χ0) is 12.4. The van der Waals surface area contributed by atoms with Gasteiger partial charge in [-0.3, -0.25) is 4.68 Å². The Bertz CT molecular complexity index is 519. The van der Waals surface area contributed by atoms with Crippen LogP contribution in [0.25, 0.3) is 10.9 Å². The maximum absolute atomic E-state index is 9.32. The maximum atomic E-state index is 9.32. The minimum absolute atomic E-state index is 0.0249. The van der Waals surface area contributed by atoms with Gasteiger partial charge < -0.3 is 5.11 Å². The molecule has 1 heterocycles. The second-order valence-corrected chi connectivity index (χ2v) is 5.65. The van der Waals surface area contributed by atoms with Gasteiger partial charge in [0.05, 0.1) is 12.1 Å². The Hall–Kier alpha value is -0.870. The number of fused-ring (bicyclic) bond motifs is 1. The van der Waals surface area contributed by atoms with Crippen molar-refractivity contribution in [3.8, 4) is 0 Å². The quantitative estimate of drug-likeness (QED) is 0.940. The zero-order valence-electron chi connectivity index (χ0n) is 10.2. The van der Waals surface area contributed by atoms with Crippen LogP contribution in [0.5, 0.6) is 0 Å². The van der Waals surface area contributed by atoms with Crippen LogP contribution in [-0.4, -0.2) is 14.9 Å². The molecule has 0 amide bonds. The number of aromatic nitrogens is 2. The molecule has 0 spiro atoms. The van der Waals surface area contributed by atoms with Crippen molar-refractivity contribution in [2.75, 3.05) is 0 Å². The summed E-state index contributed by atoms with van der Waals surface area (Å²) in [6.45, 7) is 5.36. The number of aliphatic hydroxyl groups excluding tert-OH is 1. The first kappa shape index (κ1) is 12.6. The summed E-state index contributed by atoms with van der Waals surface area (Å²) in [5.41, 5.74) is 1.78. The third-order valence-corrected chi connectivity index (χ3v) is 3.26. The SMILES string of the molecule is CC(C)CCn1cc2cc(Br)cc(CO)c2n1. The summed E-state index contributed by atoms with van der Waals surface area (Å²) in [7, 11) is 0. The predicted molar refractivity (Wildman–Crippen MR) is 72.8 cm³/mol. The lowest BCUT2D eigenvalue weighted by Gasteiger charge is -2.03. The van der Waals surface area contributed by atoms with E-state index in [0.29, 0.717) is 5.92 Å². The van der Waals surface area contributed by atoms with Crippen molar-refractivity contribution in [1.29, 1.82) is 0 Å². The van der Waals surface area contributed by atoms with Crippen molar-refractivity contribution in [1.82, 2.24) is 9.78 Å². The minimum atomic E-state index is 0.0249. The van der Waals surface area contributed by atoms with Crippen LogP contribution in [0.15, 0.2) is 22.8 Å². The largest absolute Gasteiger partial charge is 0.392 e. The number of aliphatic hydroxyl groups is 1. The van der Waals surface area contributed by atoms with Crippen LogP contribution in [0.3, 0.4) is 0 Å². The van der Waals surface area contributed by atoms with E-state index < -0.39 is 0 Å². The number of aryl methyl sites for hydroxylation is 1. The topological polar surface area (TPSA) is 38.0 Å². The van der Waals surface area contributed by atoms with Crippen LogP contribution in [-0.2, 0) is 13.2 Å². The Morgan fingerprint density at radius 2 is 2.18 bits per heavy atom. The molecule has 0 radical (unpaired) electrons. The van der Waals surface area contributed by atoms with Crippen LogP contribution in [0.4, 0.5) is 0 Å². The Balaban J connectivity index is 2.35. The molecule has 92 valence electrons. The normalized spacial score (nSPS) is 11.6. The number of benzene rings is 1. The first-order valence-corrected chi connectivity index (χ1v) is 6.66. The van der Waals surface area contributed by atoms with Crippen molar-refractivity contribution in [2.45, 2.75) is 33.4 Å². The van der Waals surface area contributed by atoms with Crippen LogP contribution >= 0.6 is 15.9 Å². The molecule has 0 bridgehead atoms. The van der Waals surface area contributed by atoms with E-state index >= 15 is 0 Å². The van der Waals surface area contributed by atoms with Gasteiger partial charge in [0.1, 0.15) is 0 Å². The van der Waals surface area contributed by atoms with Gasteiger partial charge in [-0.05, 0) is 24.5 Å². The molecule has 4 heteroatoms. The molecular formula is C13H17BrN2O. The fourth-order valence-electron chi connectivity index (χ4n) is 1.84. The molecule has 2 aromatic rings. The number of hydrogen-bond donors (Lipinski definition) is 1. The molecule has 0 aliphatic carbocycles. The van der Waals surface area contributed by atoms with Crippen LogP contribution in [0.2, 0.25) is 0 Å². The molecule has 1 N–H and O–H groups in total. The highest BCUT2D eigenvalue weighted by molar-refractivity contribution is 9.10. The average molecular weight is 297 g/mol. The van der Waals surface area contributed by atoms with Crippen LogP contribution in [0.1, 0.15) is 25.8 Å². The first-order valence-electron chi connectivity index (χ1n) is 5.86. The van der Waals surface area contributed by atoms with E-state index in [9.17, 15) is 5.11 Å². The van der Waals surface area contributed by atoms with Crippen molar-refractivity contribution >= 4 is 26.8 Å². The van der Waals surface area contributed by atoms with E-state index in [-0.39, 0.29) is 6.61 Å². The number of hydrogen-bond acceptors (Lipinski definition) is 2. The molecule has 0 unspecified atom stereocenters. The fraction of sp³-hybridized carbons (Fsp3) is 0.462. The lowest BCUT2D eigenvalue weighted by Crippen LogP contribution is -2.01. The first-order chi connectivity index (χ1) is 8.10. The summed E-state index contributed by atoms with van der Waals surface area (Å²) >= 11 is 3.45. The van der Waals surface area contributed by atoms with Gasteiger partial charge in [0.15, 0.2) is 0 Å². The summed E-state index contributed by atoms with van der Waals surface area (Å²) < 4.78 is 2.95. The van der Waals surface area contributed by atoms with E-state index in [1.54, 1.807) is 0 Å². The van der Waals surface area contributed by atoms with Crippen molar-refractivity contribution in [2.24, 2.45) is 5.92 Å². The summed E-state index contributed by atoms with van der Waals surface area (Å²) in [4.78, 5) is 0. The number of rotatable bonds is 4. The standard InChI is InChI=1S/C13H17BrN2O/c1-9(2)3-4-16-7-10-5-12(14)6-11(8-17)13(10)15-16/h5-7,9,17H,3-4,8H2,1-2H3. The number of nitrogens with zero attached hydrogens (tertiary/aromatic N) is 2. The van der Waals surface area contributed by atoms with Gasteiger partial charge in [0, 0.05) is 28.2 Å². The van der Waals surface area contributed by atoms with Gasteiger partial charge in [-0.15, -0.1) is 0 Å². The summed E-state index contributed by atoms with van der Waals surface area (Å²) in [5.74, 6) is 0.673. The molecule has 0 saturated heterocycles. The van der Waals surface area contributed by atoms with E-state index in [0.717, 1.165) is 33.9 Å². The Morgan fingerprint density at radius 1 is 1.41 bits per heavy atom. The summed E-state index contributed by atoms with van der Waals surface area (Å²) in [6, 6.07) is 3.95. The molecule has 0 fully saturated rings. The van der Waals surface area contributed by atoms with E-state index in [2.05, 4.69) is 34.9 Å². The Labute approximate surface area is 110 Å². The minimum Gasteiger partial charge on any atom is -0.392 e.